The lowest BCUT2D eigenvalue weighted by Crippen LogP contribution is -2.35. The Bertz CT molecular complexity index is 1040. The van der Waals surface area contributed by atoms with Gasteiger partial charge in [-0.1, -0.05) is 18.6 Å². The number of nitrogens with zero attached hydrogens (tertiary/aromatic N) is 3. The predicted octanol–water partition coefficient (Wildman–Crippen LogP) is 3.79. The zero-order chi connectivity index (χ0) is 18.9. The van der Waals surface area contributed by atoms with E-state index in [0.717, 1.165) is 40.9 Å². The van der Waals surface area contributed by atoms with E-state index >= 15 is 0 Å². The molecule has 1 aliphatic rings. The van der Waals surface area contributed by atoms with Gasteiger partial charge >= 0.3 is 0 Å². The fraction of sp³-hybridized carbons (Fsp3) is 0.368. The molecule has 2 aromatic heterocycles. The number of nitrogens with one attached hydrogen (secondary N) is 1. The first-order valence-electron chi connectivity index (χ1n) is 9.08. The van der Waals surface area contributed by atoms with Crippen molar-refractivity contribution in [3.63, 3.8) is 0 Å². The molecule has 8 heteroatoms. The Hall–Kier alpha value is -2.03. The number of anilines is 1. The number of benzene rings is 1. The van der Waals surface area contributed by atoms with Crippen LogP contribution < -0.4 is 5.32 Å². The van der Waals surface area contributed by atoms with Crippen LogP contribution in [0.1, 0.15) is 29.7 Å². The van der Waals surface area contributed by atoms with Crippen LogP contribution in [0.15, 0.2) is 41.6 Å². The molecule has 0 spiro atoms. The molecule has 1 fully saturated rings. The fourth-order valence-corrected chi connectivity index (χ4v) is 5.70. The van der Waals surface area contributed by atoms with Crippen LogP contribution in [-0.2, 0) is 16.6 Å². The highest BCUT2D eigenvalue weighted by Gasteiger charge is 2.25. The lowest BCUT2D eigenvalue weighted by atomic mass is 10.2. The Morgan fingerprint density at radius 2 is 1.85 bits per heavy atom. The quantitative estimate of drug-likeness (QED) is 0.703. The summed E-state index contributed by atoms with van der Waals surface area (Å²) in [5.41, 5.74) is 1.01. The summed E-state index contributed by atoms with van der Waals surface area (Å²) in [6.07, 6.45) is 4.55. The van der Waals surface area contributed by atoms with Crippen LogP contribution in [-0.4, -0.2) is 35.8 Å². The molecule has 0 atom stereocenters. The van der Waals surface area contributed by atoms with Crippen molar-refractivity contribution in [2.45, 2.75) is 37.6 Å². The molecule has 27 heavy (non-hydrogen) atoms. The van der Waals surface area contributed by atoms with Gasteiger partial charge in [0.15, 0.2) is 0 Å². The summed E-state index contributed by atoms with van der Waals surface area (Å²) in [5, 5.41) is 4.35. The molecule has 3 aromatic rings. The minimum Gasteiger partial charge on any atom is -0.365 e. The number of hydrogen-bond acceptors (Lipinski definition) is 6. The van der Waals surface area contributed by atoms with E-state index in [1.165, 1.54) is 4.88 Å². The predicted molar refractivity (Wildman–Crippen MR) is 109 cm³/mol. The van der Waals surface area contributed by atoms with E-state index in [0.29, 0.717) is 24.5 Å². The van der Waals surface area contributed by atoms with Gasteiger partial charge in [-0.05, 0) is 43.5 Å². The van der Waals surface area contributed by atoms with Gasteiger partial charge in [0.1, 0.15) is 17.0 Å². The Balaban J connectivity index is 1.47. The first-order chi connectivity index (χ1) is 13.0. The monoisotopic (exact) mass is 402 g/mol. The third-order valence-corrected chi connectivity index (χ3v) is 7.66. The third-order valence-electron chi connectivity index (χ3n) is 4.79. The first-order valence-corrected chi connectivity index (χ1v) is 11.3. The number of hydrogen-bond donors (Lipinski definition) is 1. The maximum Gasteiger partial charge on any atom is 0.243 e. The molecule has 0 bridgehead atoms. The highest BCUT2D eigenvalue weighted by Crippen LogP contribution is 2.28. The van der Waals surface area contributed by atoms with Crippen LogP contribution in [0, 0.1) is 6.92 Å². The molecule has 0 amide bonds. The van der Waals surface area contributed by atoms with E-state index < -0.39 is 10.0 Å². The molecule has 0 unspecified atom stereocenters. The highest BCUT2D eigenvalue weighted by molar-refractivity contribution is 7.89. The van der Waals surface area contributed by atoms with Gasteiger partial charge in [-0.3, -0.25) is 0 Å². The lowest BCUT2D eigenvalue weighted by molar-refractivity contribution is 0.346. The second-order valence-corrected chi connectivity index (χ2v) is 9.93. The molecule has 3 heterocycles. The van der Waals surface area contributed by atoms with Gasteiger partial charge in [0, 0.05) is 24.5 Å². The van der Waals surface area contributed by atoms with E-state index in [4.69, 9.17) is 0 Å². The van der Waals surface area contributed by atoms with Crippen LogP contribution in [0.5, 0.6) is 0 Å². The molecule has 0 saturated carbocycles. The van der Waals surface area contributed by atoms with Gasteiger partial charge in [0.25, 0.3) is 0 Å². The normalized spacial score (nSPS) is 15.9. The second kappa shape index (κ2) is 7.53. The minimum absolute atomic E-state index is 0.367. The maximum atomic E-state index is 12.7. The van der Waals surface area contributed by atoms with Crippen molar-refractivity contribution in [2.24, 2.45) is 0 Å². The Morgan fingerprint density at radius 3 is 2.59 bits per heavy atom. The molecule has 1 aromatic carbocycles. The summed E-state index contributed by atoms with van der Waals surface area (Å²) in [6, 6.07) is 9.20. The SMILES string of the molecule is Cc1cc2c(NCc3ccc(S(=O)(=O)N4CCCCC4)cc3)ncnc2s1. The van der Waals surface area contributed by atoms with Crippen LogP contribution in [0.25, 0.3) is 10.2 Å². The average Bonchev–Trinajstić information content (AvgIpc) is 3.08. The van der Waals surface area contributed by atoms with Crippen molar-refractivity contribution in [2.75, 3.05) is 18.4 Å². The van der Waals surface area contributed by atoms with Gasteiger partial charge in [-0.25, -0.2) is 18.4 Å². The highest BCUT2D eigenvalue weighted by atomic mass is 32.2. The topological polar surface area (TPSA) is 75.2 Å². The first kappa shape index (κ1) is 18.3. The maximum absolute atomic E-state index is 12.7. The Labute approximate surface area is 163 Å². The van der Waals surface area contributed by atoms with Crippen molar-refractivity contribution in [1.29, 1.82) is 0 Å². The number of rotatable bonds is 5. The summed E-state index contributed by atoms with van der Waals surface area (Å²) in [4.78, 5) is 11.2. The van der Waals surface area contributed by atoms with Crippen molar-refractivity contribution < 1.29 is 8.42 Å². The molecule has 1 N–H and O–H groups in total. The van der Waals surface area contributed by atoms with Gasteiger partial charge in [-0.15, -0.1) is 11.3 Å². The molecular weight excluding hydrogens is 380 g/mol. The Morgan fingerprint density at radius 1 is 1.11 bits per heavy atom. The van der Waals surface area contributed by atoms with E-state index in [1.54, 1.807) is 34.1 Å². The smallest absolute Gasteiger partial charge is 0.243 e. The summed E-state index contributed by atoms with van der Waals surface area (Å²) < 4.78 is 27.0. The van der Waals surface area contributed by atoms with Crippen LogP contribution in [0.4, 0.5) is 5.82 Å². The number of aromatic nitrogens is 2. The minimum atomic E-state index is -3.38. The van der Waals surface area contributed by atoms with Crippen LogP contribution in [0.3, 0.4) is 0 Å². The number of piperidine rings is 1. The van der Waals surface area contributed by atoms with E-state index in [-0.39, 0.29) is 0 Å². The van der Waals surface area contributed by atoms with Crippen LogP contribution >= 0.6 is 11.3 Å². The third kappa shape index (κ3) is 3.83. The summed E-state index contributed by atoms with van der Waals surface area (Å²) >= 11 is 1.64. The number of sulfonamides is 1. The van der Waals surface area contributed by atoms with Gasteiger partial charge in [0.2, 0.25) is 10.0 Å². The number of fused-ring (bicyclic) bond motifs is 1. The van der Waals surface area contributed by atoms with Crippen molar-refractivity contribution >= 4 is 37.4 Å². The lowest BCUT2D eigenvalue weighted by Gasteiger charge is -2.25. The molecule has 0 radical (unpaired) electrons. The van der Waals surface area contributed by atoms with Gasteiger partial charge in [-0.2, -0.15) is 4.31 Å². The Kier molecular flexibility index (Phi) is 5.12. The standard InChI is InChI=1S/C19H22N4O2S2/c1-14-11-17-18(21-13-22-19(17)26-14)20-12-15-5-7-16(8-6-15)27(24,25)23-9-3-2-4-10-23/h5-8,11,13H,2-4,9-10,12H2,1H3,(H,20,21,22). The zero-order valence-corrected chi connectivity index (χ0v) is 16.8. The molecule has 142 valence electrons. The fourth-order valence-electron chi connectivity index (χ4n) is 3.34. The van der Waals surface area contributed by atoms with Crippen molar-refractivity contribution in [3.8, 4) is 0 Å². The summed E-state index contributed by atoms with van der Waals surface area (Å²) in [6.45, 7) is 3.87. The van der Waals surface area contributed by atoms with Gasteiger partial charge < -0.3 is 5.32 Å². The molecular formula is C19H22N4O2S2. The molecule has 0 aliphatic carbocycles. The van der Waals surface area contributed by atoms with Crippen LogP contribution in [0.2, 0.25) is 0 Å². The van der Waals surface area contributed by atoms with Gasteiger partial charge in [0.05, 0.1) is 10.3 Å². The summed E-state index contributed by atoms with van der Waals surface area (Å²) in [5.74, 6) is 0.800. The van der Waals surface area contributed by atoms with E-state index in [9.17, 15) is 8.42 Å². The second-order valence-electron chi connectivity index (χ2n) is 6.76. The van der Waals surface area contributed by atoms with E-state index in [1.807, 2.05) is 12.1 Å². The number of aryl methyl sites for hydroxylation is 1. The molecule has 6 nitrogen and oxygen atoms in total. The zero-order valence-electron chi connectivity index (χ0n) is 15.2. The summed E-state index contributed by atoms with van der Waals surface area (Å²) in [7, 11) is -3.38. The van der Waals surface area contributed by atoms with Crippen molar-refractivity contribution in [3.05, 3.63) is 47.1 Å². The molecule has 1 saturated heterocycles. The average molecular weight is 403 g/mol. The van der Waals surface area contributed by atoms with E-state index in [2.05, 4.69) is 28.3 Å². The molecule has 1 aliphatic heterocycles. The molecule has 4 rings (SSSR count). The number of thiophene rings is 1. The van der Waals surface area contributed by atoms with Crippen molar-refractivity contribution in [1.82, 2.24) is 14.3 Å². The largest absolute Gasteiger partial charge is 0.365 e.